The number of carbonyl (C=O) groups is 5. The van der Waals surface area contributed by atoms with Crippen molar-refractivity contribution >= 4 is 29.7 Å². The molecule has 4 aliphatic rings. The summed E-state index contributed by atoms with van der Waals surface area (Å²) in [5.41, 5.74) is -2.43. The molecule has 2 unspecified atom stereocenters. The van der Waals surface area contributed by atoms with Crippen molar-refractivity contribution in [1.29, 1.82) is 0 Å². The minimum absolute atomic E-state index is 0.239. The Balaban J connectivity index is 1.69. The number of carbonyl (C=O) groups excluding carboxylic acids is 5. The third-order valence-electron chi connectivity index (χ3n) is 9.82. The zero-order valence-electron chi connectivity index (χ0n) is 25.9. The number of esters is 4. The van der Waals surface area contributed by atoms with Crippen molar-refractivity contribution in [2.45, 2.75) is 97.4 Å². The van der Waals surface area contributed by atoms with E-state index in [2.05, 4.69) is 0 Å². The highest BCUT2D eigenvalue weighted by Crippen LogP contribution is 2.69. The Hall–Kier alpha value is -3.53. The second kappa shape index (κ2) is 10.6. The number of Topliss-reactive ketones (excluding diaryl/α,β-unsaturated/α-hetero) is 1. The van der Waals surface area contributed by atoms with Crippen molar-refractivity contribution in [3.63, 3.8) is 0 Å². The third-order valence-corrected chi connectivity index (χ3v) is 9.82. The number of ether oxygens (including phenoxy) is 5. The van der Waals surface area contributed by atoms with Crippen LogP contribution >= 0.6 is 0 Å². The molecule has 0 radical (unpaired) electrons. The molecule has 0 spiro atoms. The SMILES string of the molecule is CC(=O)OC1[C@H](C)C(=O)[C@@]23C[C@H](C)[C@H](OC(C)=O)C2(C=C(C)[C@@H](OC(C)=O)[C@@H](OC(=O)c2ccccc2)[C@H]2[C@@H]1C2(C)C)O3. The normalized spacial score (nSPS) is 39.0. The first kappa shape index (κ1) is 30.9. The maximum Gasteiger partial charge on any atom is 0.338 e. The number of benzene rings is 1. The van der Waals surface area contributed by atoms with E-state index in [-0.39, 0.29) is 18.1 Å². The molecule has 0 N–H and O–H groups in total. The summed E-state index contributed by atoms with van der Waals surface area (Å²) >= 11 is 0. The van der Waals surface area contributed by atoms with Gasteiger partial charge in [0.25, 0.3) is 0 Å². The summed E-state index contributed by atoms with van der Waals surface area (Å²) < 4.78 is 30.1. The lowest BCUT2D eigenvalue weighted by Gasteiger charge is -2.30. The van der Waals surface area contributed by atoms with E-state index in [9.17, 15) is 24.0 Å². The Morgan fingerprint density at radius 1 is 0.837 bits per heavy atom. The van der Waals surface area contributed by atoms with E-state index >= 15 is 0 Å². The monoisotopic (exact) mass is 596 g/mol. The van der Waals surface area contributed by atoms with Gasteiger partial charge in [-0.2, -0.15) is 0 Å². The maximum absolute atomic E-state index is 14.4. The van der Waals surface area contributed by atoms with Crippen LogP contribution in [0.2, 0.25) is 0 Å². The average Bonchev–Trinajstić information content (AvgIpc) is 3.71. The van der Waals surface area contributed by atoms with Gasteiger partial charge in [0.05, 0.1) is 11.5 Å². The molecule has 43 heavy (non-hydrogen) atoms. The molecule has 3 fully saturated rings. The fraction of sp³-hybridized carbons (Fsp3) is 0.606. The predicted octanol–water partition coefficient (Wildman–Crippen LogP) is 3.99. The first-order valence-corrected chi connectivity index (χ1v) is 14.8. The minimum atomic E-state index is -1.33. The van der Waals surface area contributed by atoms with Gasteiger partial charge in [0.1, 0.15) is 18.3 Å². The van der Waals surface area contributed by atoms with Crippen molar-refractivity contribution in [1.82, 2.24) is 0 Å². The van der Waals surface area contributed by atoms with Crippen LogP contribution in [0.3, 0.4) is 0 Å². The molecular formula is C33H40O10. The van der Waals surface area contributed by atoms with Crippen LogP contribution in [0.25, 0.3) is 0 Å². The Morgan fingerprint density at radius 3 is 2.00 bits per heavy atom. The predicted molar refractivity (Wildman–Crippen MR) is 151 cm³/mol. The third kappa shape index (κ3) is 4.97. The van der Waals surface area contributed by atoms with E-state index in [0.29, 0.717) is 11.1 Å². The molecule has 0 amide bonds. The van der Waals surface area contributed by atoms with Crippen LogP contribution in [0.15, 0.2) is 42.0 Å². The van der Waals surface area contributed by atoms with Gasteiger partial charge < -0.3 is 23.7 Å². The molecule has 10 nitrogen and oxygen atoms in total. The highest BCUT2D eigenvalue weighted by molar-refractivity contribution is 5.96. The van der Waals surface area contributed by atoms with Gasteiger partial charge in [-0.1, -0.05) is 45.9 Å². The van der Waals surface area contributed by atoms with Crippen LogP contribution in [-0.4, -0.2) is 65.3 Å². The lowest BCUT2D eigenvalue weighted by atomic mass is 9.80. The summed E-state index contributed by atoms with van der Waals surface area (Å²) in [6.07, 6.45) is -1.74. The Bertz CT molecular complexity index is 1380. The minimum Gasteiger partial charge on any atom is -0.461 e. The molecule has 3 aliphatic carbocycles. The average molecular weight is 597 g/mol. The molecule has 2 saturated carbocycles. The van der Waals surface area contributed by atoms with Gasteiger partial charge in [-0.05, 0) is 48.5 Å². The van der Waals surface area contributed by atoms with Crippen LogP contribution in [-0.2, 0) is 42.9 Å². The van der Waals surface area contributed by atoms with Crippen molar-refractivity contribution in [3.8, 4) is 0 Å². The summed E-state index contributed by atoms with van der Waals surface area (Å²) in [5, 5.41) is 0. The summed E-state index contributed by atoms with van der Waals surface area (Å²) in [4.78, 5) is 65.0. The standard InChI is InChI=1S/C33H40O10/c1-16-14-33-29(41-21(6)36)17(2)15-32(33,43-33)28(37)18(3)26(40-20(5)35)23-24(31(23,7)8)27(25(16)39-19(4)34)42-30(38)22-12-10-9-11-13-22/h9-14,17-18,23-27,29H,15H2,1-8H3/t17-,18-,23-,24+,25+,26?,27-,29-,32-,33?/m0/s1. The molecule has 5 rings (SSSR count). The van der Waals surface area contributed by atoms with Crippen LogP contribution < -0.4 is 0 Å². The highest BCUT2D eigenvalue weighted by atomic mass is 16.7. The van der Waals surface area contributed by atoms with E-state index in [0.717, 1.165) is 0 Å². The van der Waals surface area contributed by atoms with Crippen LogP contribution in [0.1, 0.15) is 72.2 Å². The zero-order valence-corrected chi connectivity index (χ0v) is 25.9. The van der Waals surface area contributed by atoms with E-state index in [1.807, 2.05) is 20.8 Å². The van der Waals surface area contributed by atoms with E-state index in [4.69, 9.17) is 23.7 Å². The van der Waals surface area contributed by atoms with Crippen LogP contribution in [0.5, 0.6) is 0 Å². The van der Waals surface area contributed by atoms with Crippen LogP contribution in [0.4, 0.5) is 0 Å². The second-order valence-corrected chi connectivity index (χ2v) is 13.2. The quantitative estimate of drug-likeness (QED) is 0.212. The number of hydrogen-bond acceptors (Lipinski definition) is 10. The number of fused-ring (bicyclic) bond motifs is 1. The molecule has 10 heteroatoms. The van der Waals surface area contributed by atoms with Gasteiger partial charge in [0.15, 0.2) is 23.1 Å². The molecule has 1 saturated heterocycles. The largest absolute Gasteiger partial charge is 0.461 e. The van der Waals surface area contributed by atoms with Crippen molar-refractivity contribution in [2.75, 3.05) is 0 Å². The van der Waals surface area contributed by atoms with E-state index < -0.39 is 82.7 Å². The fourth-order valence-electron chi connectivity index (χ4n) is 7.97. The topological polar surface area (TPSA) is 135 Å². The molecule has 10 atom stereocenters. The van der Waals surface area contributed by atoms with Crippen molar-refractivity contribution in [3.05, 3.63) is 47.5 Å². The van der Waals surface area contributed by atoms with Crippen molar-refractivity contribution in [2.24, 2.45) is 29.1 Å². The molecule has 1 heterocycles. The van der Waals surface area contributed by atoms with E-state index in [1.165, 1.54) is 20.8 Å². The molecule has 232 valence electrons. The zero-order chi connectivity index (χ0) is 31.6. The van der Waals surface area contributed by atoms with Gasteiger partial charge in [-0.15, -0.1) is 0 Å². The number of rotatable bonds is 5. The summed E-state index contributed by atoms with van der Waals surface area (Å²) in [6, 6.07) is 8.48. The summed E-state index contributed by atoms with van der Waals surface area (Å²) in [5.74, 6) is -4.43. The summed E-state index contributed by atoms with van der Waals surface area (Å²) in [6.45, 7) is 13.1. The van der Waals surface area contributed by atoms with Gasteiger partial charge in [0, 0.05) is 32.6 Å². The first-order chi connectivity index (χ1) is 20.1. The Labute approximate surface area is 251 Å². The summed E-state index contributed by atoms with van der Waals surface area (Å²) in [7, 11) is 0. The Morgan fingerprint density at radius 2 is 1.42 bits per heavy atom. The van der Waals surface area contributed by atoms with Crippen molar-refractivity contribution < 1.29 is 47.7 Å². The van der Waals surface area contributed by atoms with Crippen LogP contribution in [0, 0.1) is 29.1 Å². The molecular weight excluding hydrogens is 556 g/mol. The molecule has 0 aromatic heterocycles. The van der Waals surface area contributed by atoms with Gasteiger partial charge >= 0.3 is 23.9 Å². The smallest absolute Gasteiger partial charge is 0.338 e. The Kier molecular flexibility index (Phi) is 7.60. The number of ketones is 1. The lowest BCUT2D eigenvalue weighted by Crippen LogP contribution is -2.43. The van der Waals surface area contributed by atoms with Gasteiger partial charge in [0.2, 0.25) is 0 Å². The molecule has 0 bridgehead atoms. The number of epoxide rings is 1. The van der Waals surface area contributed by atoms with Gasteiger partial charge in [-0.3, -0.25) is 19.2 Å². The molecule has 1 aliphatic heterocycles. The highest BCUT2D eigenvalue weighted by Gasteiger charge is 2.84. The lowest BCUT2D eigenvalue weighted by molar-refractivity contribution is -0.154. The second-order valence-electron chi connectivity index (χ2n) is 13.2. The molecule has 1 aromatic rings. The first-order valence-electron chi connectivity index (χ1n) is 14.8. The van der Waals surface area contributed by atoms with E-state index in [1.54, 1.807) is 50.3 Å². The molecule has 1 aromatic carbocycles. The fourth-order valence-corrected chi connectivity index (χ4v) is 7.97. The maximum atomic E-state index is 14.4. The number of hydrogen-bond donors (Lipinski definition) is 0. The van der Waals surface area contributed by atoms with Gasteiger partial charge in [-0.25, -0.2) is 4.79 Å².